The van der Waals surface area contributed by atoms with Crippen LogP contribution in [0.4, 0.5) is 5.69 Å². The largest absolute Gasteiger partial charge is 0.492 e. The van der Waals surface area contributed by atoms with Gasteiger partial charge in [0.15, 0.2) is 15.2 Å². The summed E-state index contributed by atoms with van der Waals surface area (Å²) in [5.41, 5.74) is 0.946. The molecule has 0 unspecified atom stereocenters. The van der Waals surface area contributed by atoms with Crippen LogP contribution in [-0.4, -0.2) is 26.7 Å². The standard InChI is InChI=1S/C17H16ClNO4S/c1-2-23-15-6-4-3-5-14(15)19-16(20)11-24(21,22)17(19)12-7-9-13(18)10-8-12/h3-10,17H,2,11H2,1H3/t17-/m1/s1. The minimum atomic E-state index is -3.65. The summed E-state index contributed by atoms with van der Waals surface area (Å²) in [6.07, 6.45) is 0. The number of hydrogen-bond acceptors (Lipinski definition) is 4. The van der Waals surface area contributed by atoms with Crippen LogP contribution in [0.25, 0.3) is 0 Å². The van der Waals surface area contributed by atoms with E-state index >= 15 is 0 Å². The molecule has 5 nitrogen and oxygen atoms in total. The van der Waals surface area contributed by atoms with Crippen molar-refractivity contribution in [1.82, 2.24) is 0 Å². The molecule has 0 spiro atoms. The maximum absolute atomic E-state index is 12.6. The van der Waals surface area contributed by atoms with E-state index < -0.39 is 26.9 Å². The molecular weight excluding hydrogens is 350 g/mol. The normalized spacial score (nSPS) is 19.5. The highest BCUT2D eigenvalue weighted by Gasteiger charge is 2.46. The third-order valence-electron chi connectivity index (χ3n) is 3.75. The summed E-state index contributed by atoms with van der Waals surface area (Å²) < 4.78 is 30.7. The molecule has 1 atom stereocenters. The third-order valence-corrected chi connectivity index (χ3v) is 5.81. The molecule has 1 heterocycles. The molecule has 1 amide bonds. The summed E-state index contributed by atoms with van der Waals surface area (Å²) in [5, 5.41) is -0.578. The quantitative estimate of drug-likeness (QED) is 0.834. The van der Waals surface area contributed by atoms with Crippen molar-refractivity contribution in [3.05, 3.63) is 59.1 Å². The molecule has 0 saturated carbocycles. The van der Waals surface area contributed by atoms with Crippen molar-refractivity contribution in [3.8, 4) is 5.75 Å². The Morgan fingerprint density at radius 3 is 2.50 bits per heavy atom. The van der Waals surface area contributed by atoms with E-state index in [1.807, 2.05) is 6.92 Å². The van der Waals surface area contributed by atoms with Crippen molar-refractivity contribution in [2.45, 2.75) is 12.3 Å². The molecule has 0 bridgehead atoms. The van der Waals surface area contributed by atoms with Crippen LogP contribution in [0.3, 0.4) is 0 Å². The molecule has 2 aromatic carbocycles. The smallest absolute Gasteiger partial charge is 0.243 e. The van der Waals surface area contributed by atoms with Gasteiger partial charge in [0, 0.05) is 5.02 Å². The van der Waals surface area contributed by atoms with Gasteiger partial charge >= 0.3 is 0 Å². The van der Waals surface area contributed by atoms with E-state index in [1.165, 1.54) is 4.90 Å². The van der Waals surface area contributed by atoms with Crippen LogP contribution < -0.4 is 9.64 Å². The number of halogens is 1. The molecule has 2 aromatic rings. The van der Waals surface area contributed by atoms with E-state index in [2.05, 4.69) is 0 Å². The van der Waals surface area contributed by atoms with Crippen LogP contribution in [0.2, 0.25) is 5.02 Å². The first kappa shape index (κ1) is 16.8. The Morgan fingerprint density at radius 1 is 1.17 bits per heavy atom. The number of rotatable bonds is 4. The molecule has 7 heteroatoms. The van der Waals surface area contributed by atoms with E-state index in [-0.39, 0.29) is 0 Å². The topological polar surface area (TPSA) is 63.7 Å². The third kappa shape index (κ3) is 2.99. The second-order valence-corrected chi connectivity index (χ2v) is 7.87. The Hall–Kier alpha value is -2.05. The van der Waals surface area contributed by atoms with Gasteiger partial charge in [-0.05, 0) is 36.8 Å². The first-order valence-electron chi connectivity index (χ1n) is 7.45. The van der Waals surface area contributed by atoms with Crippen LogP contribution in [0.15, 0.2) is 48.5 Å². The summed E-state index contributed by atoms with van der Waals surface area (Å²) in [7, 11) is -3.65. The van der Waals surface area contributed by atoms with E-state index in [1.54, 1.807) is 48.5 Å². The van der Waals surface area contributed by atoms with Gasteiger partial charge in [-0.15, -0.1) is 0 Å². The maximum atomic E-state index is 12.6. The highest BCUT2D eigenvalue weighted by Crippen LogP contribution is 2.41. The zero-order valence-electron chi connectivity index (χ0n) is 13.0. The van der Waals surface area contributed by atoms with Gasteiger partial charge in [-0.1, -0.05) is 35.9 Å². The van der Waals surface area contributed by atoms with Crippen molar-refractivity contribution in [1.29, 1.82) is 0 Å². The van der Waals surface area contributed by atoms with Crippen molar-refractivity contribution in [2.75, 3.05) is 17.3 Å². The van der Waals surface area contributed by atoms with Gasteiger partial charge in [0.25, 0.3) is 0 Å². The SMILES string of the molecule is CCOc1ccccc1N1C(=O)CS(=O)(=O)[C@@H]1c1ccc(Cl)cc1. The van der Waals surface area contributed by atoms with E-state index in [9.17, 15) is 13.2 Å². The molecule has 1 saturated heterocycles. The lowest BCUT2D eigenvalue weighted by Gasteiger charge is -2.25. The number of nitrogens with zero attached hydrogens (tertiary/aromatic N) is 1. The number of amides is 1. The molecule has 0 radical (unpaired) electrons. The van der Waals surface area contributed by atoms with Gasteiger partial charge in [-0.3, -0.25) is 9.69 Å². The highest BCUT2D eigenvalue weighted by molar-refractivity contribution is 7.93. The van der Waals surface area contributed by atoms with Gasteiger partial charge < -0.3 is 4.74 Å². The first-order chi connectivity index (χ1) is 11.4. The Labute approximate surface area is 145 Å². The zero-order chi connectivity index (χ0) is 17.3. The minimum Gasteiger partial charge on any atom is -0.492 e. The molecule has 126 valence electrons. The van der Waals surface area contributed by atoms with Crippen molar-refractivity contribution >= 4 is 33.0 Å². The number of ether oxygens (including phenoxy) is 1. The number of sulfone groups is 1. The lowest BCUT2D eigenvalue weighted by atomic mass is 10.2. The molecule has 24 heavy (non-hydrogen) atoms. The summed E-state index contributed by atoms with van der Waals surface area (Å²) in [5.74, 6) is -0.521. The van der Waals surface area contributed by atoms with E-state index in [4.69, 9.17) is 16.3 Å². The second-order valence-electron chi connectivity index (χ2n) is 5.38. The fourth-order valence-corrected chi connectivity index (χ4v) is 4.68. The molecule has 0 N–H and O–H groups in total. The Morgan fingerprint density at radius 2 is 1.83 bits per heavy atom. The lowest BCUT2D eigenvalue weighted by molar-refractivity contribution is -0.115. The number of para-hydroxylation sites is 2. The van der Waals surface area contributed by atoms with Gasteiger partial charge in [-0.25, -0.2) is 8.42 Å². The molecular formula is C17H16ClNO4S. The average Bonchev–Trinajstić information content (AvgIpc) is 2.78. The molecule has 0 aromatic heterocycles. The summed E-state index contributed by atoms with van der Waals surface area (Å²) in [4.78, 5) is 13.8. The second kappa shape index (κ2) is 6.45. The van der Waals surface area contributed by atoms with E-state index in [0.29, 0.717) is 28.6 Å². The molecule has 3 rings (SSSR count). The van der Waals surface area contributed by atoms with Crippen LogP contribution in [0.5, 0.6) is 5.75 Å². The fraction of sp³-hybridized carbons (Fsp3) is 0.235. The van der Waals surface area contributed by atoms with Gasteiger partial charge in [0.2, 0.25) is 5.91 Å². The lowest BCUT2D eigenvalue weighted by Crippen LogP contribution is -2.29. The first-order valence-corrected chi connectivity index (χ1v) is 9.54. The number of carbonyl (C=O) groups excluding carboxylic acids is 1. The summed E-state index contributed by atoms with van der Waals surface area (Å²) >= 11 is 5.89. The van der Waals surface area contributed by atoms with E-state index in [0.717, 1.165) is 0 Å². The van der Waals surface area contributed by atoms with Crippen molar-refractivity contribution < 1.29 is 17.9 Å². The average molecular weight is 366 g/mol. The van der Waals surface area contributed by atoms with Crippen LogP contribution in [0, 0.1) is 0 Å². The predicted molar refractivity (Wildman–Crippen MR) is 93.1 cm³/mol. The maximum Gasteiger partial charge on any atom is 0.243 e. The molecule has 0 aliphatic carbocycles. The van der Waals surface area contributed by atoms with Gasteiger partial charge in [0.05, 0.1) is 12.3 Å². The fourth-order valence-electron chi connectivity index (χ4n) is 2.79. The number of benzene rings is 2. The summed E-state index contributed by atoms with van der Waals surface area (Å²) in [6, 6.07) is 13.4. The number of hydrogen-bond donors (Lipinski definition) is 0. The van der Waals surface area contributed by atoms with Crippen molar-refractivity contribution in [3.63, 3.8) is 0 Å². The van der Waals surface area contributed by atoms with Crippen LogP contribution >= 0.6 is 11.6 Å². The zero-order valence-corrected chi connectivity index (χ0v) is 14.5. The number of anilines is 1. The predicted octanol–water partition coefficient (Wildman–Crippen LogP) is 3.20. The molecule has 1 fully saturated rings. The van der Waals surface area contributed by atoms with Gasteiger partial charge in [0.1, 0.15) is 11.5 Å². The Balaban J connectivity index is 2.14. The molecule has 1 aliphatic rings. The molecule has 1 aliphatic heterocycles. The van der Waals surface area contributed by atoms with Crippen molar-refractivity contribution in [2.24, 2.45) is 0 Å². The Kier molecular flexibility index (Phi) is 4.51. The van der Waals surface area contributed by atoms with Crippen LogP contribution in [-0.2, 0) is 14.6 Å². The monoisotopic (exact) mass is 365 g/mol. The summed E-state index contributed by atoms with van der Waals surface area (Å²) in [6.45, 7) is 2.24. The van der Waals surface area contributed by atoms with Crippen LogP contribution in [0.1, 0.15) is 17.9 Å². The Bertz CT molecular complexity index is 864. The highest BCUT2D eigenvalue weighted by atomic mass is 35.5. The number of carbonyl (C=O) groups is 1. The van der Waals surface area contributed by atoms with Gasteiger partial charge in [-0.2, -0.15) is 0 Å². The minimum absolute atomic E-state index is 0.414.